The van der Waals surface area contributed by atoms with Crippen LogP contribution in [0.5, 0.6) is 5.75 Å². The molecule has 0 unspecified atom stereocenters. The highest BCUT2D eigenvalue weighted by atomic mass is 19.4. The van der Waals surface area contributed by atoms with Crippen LogP contribution < -0.4 is 15.4 Å². The Balaban J connectivity index is 1.67. The Hall–Kier alpha value is -2.45. The zero-order valence-corrected chi connectivity index (χ0v) is 12.9. The molecule has 9 heteroatoms. The molecule has 0 saturated carbocycles. The molecule has 2 N–H and O–H groups in total. The van der Waals surface area contributed by atoms with Gasteiger partial charge >= 0.3 is 12.4 Å². The van der Waals surface area contributed by atoms with E-state index in [1.54, 1.807) is 4.90 Å². The first-order valence-corrected chi connectivity index (χ1v) is 7.52. The second-order valence-corrected chi connectivity index (χ2v) is 5.29. The Labute approximate surface area is 137 Å². The minimum Gasteiger partial charge on any atom is -0.406 e. The molecular weight excluding hydrogens is 327 g/mol. The van der Waals surface area contributed by atoms with Gasteiger partial charge in [0.05, 0.1) is 0 Å². The van der Waals surface area contributed by atoms with Crippen LogP contribution in [0.3, 0.4) is 0 Å². The first kappa shape index (κ1) is 17.9. The van der Waals surface area contributed by atoms with Crippen molar-refractivity contribution in [3.8, 4) is 5.75 Å². The van der Waals surface area contributed by atoms with E-state index < -0.39 is 12.4 Å². The van der Waals surface area contributed by atoms with E-state index in [9.17, 15) is 22.8 Å². The van der Waals surface area contributed by atoms with E-state index in [0.717, 1.165) is 25.1 Å². The first-order valence-electron chi connectivity index (χ1n) is 7.52. The molecule has 1 aliphatic heterocycles. The summed E-state index contributed by atoms with van der Waals surface area (Å²) in [5.41, 5.74) is 0.344. The third-order valence-corrected chi connectivity index (χ3v) is 3.41. The molecule has 1 fully saturated rings. The fourth-order valence-corrected chi connectivity index (χ4v) is 2.33. The minimum absolute atomic E-state index is 0.139. The second-order valence-electron chi connectivity index (χ2n) is 5.29. The lowest BCUT2D eigenvalue weighted by molar-refractivity contribution is -0.274. The van der Waals surface area contributed by atoms with Crippen LogP contribution in [0.1, 0.15) is 19.3 Å². The number of anilines is 1. The monoisotopic (exact) mass is 345 g/mol. The predicted octanol–water partition coefficient (Wildman–Crippen LogP) is 2.72. The van der Waals surface area contributed by atoms with Crippen LogP contribution in [0.15, 0.2) is 24.3 Å². The fraction of sp³-hybridized carbons (Fsp3) is 0.467. The van der Waals surface area contributed by atoms with E-state index in [1.165, 1.54) is 12.1 Å². The lowest BCUT2D eigenvalue weighted by Crippen LogP contribution is -2.33. The standard InChI is InChI=1S/C15H18F3N3O3/c16-15(17,18)24-12-6-4-11(5-7-12)20-14(23)19-8-2-10-21-9-1-3-13(21)22/h4-7H,1-3,8-10H2,(H2,19,20,23). The zero-order chi connectivity index (χ0) is 17.6. The van der Waals surface area contributed by atoms with Crippen molar-refractivity contribution in [1.82, 2.24) is 10.2 Å². The van der Waals surface area contributed by atoms with E-state index in [-0.39, 0.29) is 11.7 Å². The van der Waals surface area contributed by atoms with E-state index in [1.807, 2.05) is 0 Å². The SMILES string of the molecule is O=C(NCCCN1CCCC1=O)Nc1ccc(OC(F)(F)F)cc1. The fourth-order valence-electron chi connectivity index (χ4n) is 2.33. The van der Waals surface area contributed by atoms with Gasteiger partial charge in [-0.15, -0.1) is 13.2 Å². The van der Waals surface area contributed by atoms with E-state index in [2.05, 4.69) is 15.4 Å². The van der Waals surface area contributed by atoms with Crippen LogP contribution in [0.4, 0.5) is 23.7 Å². The molecule has 24 heavy (non-hydrogen) atoms. The van der Waals surface area contributed by atoms with Crippen LogP contribution in [0.25, 0.3) is 0 Å². The summed E-state index contributed by atoms with van der Waals surface area (Å²) >= 11 is 0. The highest BCUT2D eigenvalue weighted by molar-refractivity contribution is 5.89. The van der Waals surface area contributed by atoms with Gasteiger partial charge in [0.1, 0.15) is 5.75 Å². The number of nitrogens with one attached hydrogen (secondary N) is 2. The summed E-state index contributed by atoms with van der Waals surface area (Å²) in [5.74, 6) is -0.218. The number of carbonyl (C=O) groups excluding carboxylic acids is 2. The predicted molar refractivity (Wildman–Crippen MR) is 80.6 cm³/mol. The molecule has 3 amide bonds. The molecule has 0 spiro atoms. The Morgan fingerprint density at radius 1 is 1.25 bits per heavy atom. The molecule has 1 aromatic carbocycles. The van der Waals surface area contributed by atoms with Crippen LogP contribution >= 0.6 is 0 Å². The summed E-state index contributed by atoms with van der Waals surface area (Å²) < 4.78 is 39.8. The third-order valence-electron chi connectivity index (χ3n) is 3.41. The molecule has 1 heterocycles. The minimum atomic E-state index is -4.75. The van der Waals surface area contributed by atoms with Crippen LogP contribution in [-0.2, 0) is 4.79 Å². The number of ether oxygens (including phenoxy) is 1. The van der Waals surface area contributed by atoms with Gasteiger partial charge in [0.25, 0.3) is 0 Å². The Morgan fingerprint density at radius 3 is 2.54 bits per heavy atom. The molecule has 0 bridgehead atoms. The van der Waals surface area contributed by atoms with E-state index in [0.29, 0.717) is 31.6 Å². The molecule has 1 saturated heterocycles. The number of halogens is 3. The van der Waals surface area contributed by atoms with Gasteiger partial charge in [-0.1, -0.05) is 0 Å². The molecule has 2 rings (SSSR count). The summed E-state index contributed by atoms with van der Waals surface area (Å²) in [4.78, 5) is 24.8. The number of nitrogens with zero attached hydrogens (tertiary/aromatic N) is 1. The molecular formula is C15H18F3N3O3. The average Bonchev–Trinajstić information content (AvgIpc) is 2.90. The van der Waals surface area contributed by atoms with E-state index >= 15 is 0 Å². The quantitative estimate of drug-likeness (QED) is 0.779. The zero-order valence-electron chi connectivity index (χ0n) is 12.9. The highest BCUT2D eigenvalue weighted by Crippen LogP contribution is 2.23. The number of hydrogen-bond acceptors (Lipinski definition) is 3. The number of likely N-dealkylation sites (tertiary alicyclic amines) is 1. The lowest BCUT2D eigenvalue weighted by atomic mass is 10.3. The topological polar surface area (TPSA) is 70.7 Å². The number of carbonyl (C=O) groups is 2. The smallest absolute Gasteiger partial charge is 0.406 e. The van der Waals surface area contributed by atoms with Gasteiger partial charge in [-0.2, -0.15) is 0 Å². The Morgan fingerprint density at radius 2 is 1.96 bits per heavy atom. The molecule has 1 aromatic rings. The van der Waals surface area contributed by atoms with Crippen molar-refractivity contribution in [2.75, 3.05) is 25.0 Å². The van der Waals surface area contributed by atoms with Crippen molar-refractivity contribution in [3.05, 3.63) is 24.3 Å². The third kappa shape index (κ3) is 5.98. The van der Waals surface area contributed by atoms with Gasteiger partial charge in [-0.3, -0.25) is 4.79 Å². The maximum absolute atomic E-state index is 12.0. The van der Waals surface area contributed by atoms with Gasteiger partial charge in [0.15, 0.2) is 0 Å². The molecule has 0 aliphatic carbocycles. The van der Waals surface area contributed by atoms with Crippen LogP contribution in [-0.4, -0.2) is 42.8 Å². The number of benzene rings is 1. The lowest BCUT2D eigenvalue weighted by Gasteiger charge is -2.15. The molecule has 132 valence electrons. The Bertz CT molecular complexity index is 576. The van der Waals surface area contributed by atoms with E-state index in [4.69, 9.17) is 0 Å². The molecule has 0 radical (unpaired) electrons. The van der Waals surface area contributed by atoms with Crippen molar-refractivity contribution >= 4 is 17.6 Å². The number of hydrogen-bond donors (Lipinski definition) is 2. The second kappa shape index (κ2) is 7.89. The summed E-state index contributed by atoms with van der Waals surface area (Å²) in [6.45, 7) is 1.75. The van der Waals surface area contributed by atoms with Crippen molar-refractivity contribution in [2.24, 2.45) is 0 Å². The highest BCUT2D eigenvalue weighted by Gasteiger charge is 2.30. The number of rotatable bonds is 6. The van der Waals surface area contributed by atoms with Crippen LogP contribution in [0, 0.1) is 0 Å². The van der Waals surface area contributed by atoms with Crippen molar-refractivity contribution in [3.63, 3.8) is 0 Å². The van der Waals surface area contributed by atoms with Crippen molar-refractivity contribution in [2.45, 2.75) is 25.6 Å². The average molecular weight is 345 g/mol. The maximum atomic E-state index is 12.0. The first-order chi connectivity index (χ1) is 11.3. The van der Waals surface area contributed by atoms with Gasteiger partial charge in [0.2, 0.25) is 5.91 Å². The van der Waals surface area contributed by atoms with Gasteiger partial charge in [0, 0.05) is 31.7 Å². The molecule has 1 aliphatic rings. The summed E-state index contributed by atoms with van der Waals surface area (Å²) in [7, 11) is 0. The largest absolute Gasteiger partial charge is 0.573 e. The summed E-state index contributed by atoms with van der Waals surface area (Å²) in [6, 6.07) is 4.38. The Kier molecular flexibility index (Phi) is 5.88. The van der Waals surface area contributed by atoms with Crippen LogP contribution in [0.2, 0.25) is 0 Å². The van der Waals surface area contributed by atoms with Gasteiger partial charge in [-0.05, 0) is 37.1 Å². The summed E-state index contributed by atoms with van der Waals surface area (Å²) in [5, 5.41) is 5.13. The normalized spacial score (nSPS) is 14.6. The number of alkyl halides is 3. The van der Waals surface area contributed by atoms with Crippen molar-refractivity contribution in [1.29, 1.82) is 0 Å². The number of amides is 3. The van der Waals surface area contributed by atoms with Crippen molar-refractivity contribution < 1.29 is 27.5 Å². The van der Waals surface area contributed by atoms with Gasteiger partial charge < -0.3 is 20.3 Å². The molecule has 6 nitrogen and oxygen atoms in total. The molecule has 0 atom stereocenters. The summed E-state index contributed by atoms with van der Waals surface area (Å²) in [6.07, 6.45) is -2.65. The number of urea groups is 1. The molecule has 0 aromatic heterocycles. The maximum Gasteiger partial charge on any atom is 0.573 e. The van der Waals surface area contributed by atoms with Gasteiger partial charge in [-0.25, -0.2) is 4.79 Å².